The van der Waals surface area contributed by atoms with Gasteiger partial charge in [0.1, 0.15) is 38.0 Å². The van der Waals surface area contributed by atoms with E-state index in [1.807, 2.05) is 36.4 Å². The number of nitrogens with one attached hydrogen (secondary N) is 3. The van der Waals surface area contributed by atoms with Crippen LogP contribution in [-0.2, 0) is 4.79 Å². The van der Waals surface area contributed by atoms with Crippen LogP contribution in [0.1, 0.15) is 18.5 Å². The number of amides is 1. The van der Waals surface area contributed by atoms with Gasteiger partial charge in [0.05, 0.1) is 13.1 Å². The third kappa shape index (κ3) is 5.55. The van der Waals surface area contributed by atoms with E-state index in [1.165, 1.54) is 5.56 Å². The lowest BCUT2D eigenvalue weighted by molar-refractivity contribution is -1.02. The zero-order chi connectivity index (χ0) is 19.1. The molecule has 1 heterocycles. The molecule has 1 amide bonds. The first-order valence-corrected chi connectivity index (χ1v) is 9.81. The molecular weight excluding hydrogens is 338 g/mol. The maximum atomic E-state index is 12.4. The van der Waals surface area contributed by atoms with Gasteiger partial charge in [0.25, 0.3) is 5.91 Å². The summed E-state index contributed by atoms with van der Waals surface area (Å²) in [6, 6.07) is 20.3. The van der Waals surface area contributed by atoms with Crippen molar-refractivity contribution in [2.24, 2.45) is 0 Å². The molecule has 1 aliphatic heterocycles. The number of carbonyl (C=O) groups excluding carboxylic acids is 1. The van der Waals surface area contributed by atoms with Gasteiger partial charge in [0.2, 0.25) is 0 Å². The Morgan fingerprint density at radius 2 is 1.59 bits per heavy atom. The van der Waals surface area contributed by atoms with Crippen LogP contribution in [0, 0.1) is 0 Å². The van der Waals surface area contributed by atoms with E-state index < -0.39 is 0 Å². The molecule has 0 aliphatic carbocycles. The van der Waals surface area contributed by atoms with Crippen LogP contribution in [0.2, 0.25) is 0 Å². The number of benzene rings is 2. The Morgan fingerprint density at radius 3 is 2.22 bits per heavy atom. The summed E-state index contributed by atoms with van der Waals surface area (Å²) in [5.74, 6) is 0.638. The Hall–Kier alpha value is -2.37. The molecule has 2 aromatic carbocycles. The van der Waals surface area contributed by atoms with Gasteiger partial charge in [-0.3, -0.25) is 4.79 Å². The van der Waals surface area contributed by atoms with E-state index in [2.05, 4.69) is 43.6 Å². The van der Waals surface area contributed by atoms with Crippen LogP contribution < -0.4 is 19.9 Å². The van der Waals surface area contributed by atoms with Crippen molar-refractivity contribution in [1.29, 1.82) is 0 Å². The van der Waals surface area contributed by atoms with Gasteiger partial charge in [0.15, 0.2) is 6.61 Å². The van der Waals surface area contributed by atoms with Crippen LogP contribution in [0.5, 0.6) is 5.75 Å². The number of carbonyl (C=O) groups is 1. The van der Waals surface area contributed by atoms with Gasteiger partial charge in [-0.15, -0.1) is 0 Å². The number of ether oxygens (including phenoxy) is 1. The molecule has 5 nitrogen and oxygen atoms in total. The van der Waals surface area contributed by atoms with Crippen LogP contribution in [0.15, 0.2) is 60.7 Å². The van der Waals surface area contributed by atoms with Gasteiger partial charge in [0, 0.05) is 5.56 Å². The van der Waals surface area contributed by atoms with E-state index in [4.69, 9.17) is 4.74 Å². The van der Waals surface area contributed by atoms with E-state index in [1.54, 1.807) is 9.80 Å². The molecule has 3 N–H and O–H groups in total. The molecule has 5 heteroatoms. The van der Waals surface area contributed by atoms with Crippen molar-refractivity contribution in [3.63, 3.8) is 0 Å². The van der Waals surface area contributed by atoms with E-state index >= 15 is 0 Å². The summed E-state index contributed by atoms with van der Waals surface area (Å²) in [7, 11) is 2.25. The second kappa shape index (κ2) is 9.53. The second-order valence-corrected chi connectivity index (χ2v) is 7.46. The molecule has 0 spiro atoms. The van der Waals surface area contributed by atoms with Gasteiger partial charge < -0.3 is 19.9 Å². The van der Waals surface area contributed by atoms with E-state index in [0.717, 1.165) is 26.2 Å². The number of quaternary nitrogens is 2. The first-order valence-electron chi connectivity index (χ1n) is 9.81. The minimum Gasteiger partial charge on any atom is -0.484 e. The van der Waals surface area contributed by atoms with Crippen molar-refractivity contribution in [3.8, 4) is 5.75 Å². The van der Waals surface area contributed by atoms with Crippen LogP contribution in [0.3, 0.4) is 0 Å². The Labute approximate surface area is 161 Å². The smallest absolute Gasteiger partial charge is 0.258 e. The lowest BCUT2D eigenvalue weighted by Crippen LogP contribution is -3.27. The van der Waals surface area contributed by atoms with Crippen LogP contribution in [0.25, 0.3) is 0 Å². The highest BCUT2D eigenvalue weighted by Gasteiger charge is 2.34. The normalized spacial score (nSPS) is 21.9. The van der Waals surface area contributed by atoms with Crippen molar-refractivity contribution < 1.29 is 19.3 Å². The van der Waals surface area contributed by atoms with Crippen molar-refractivity contribution in [3.05, 3.63) is 66.2 Å². The highest BCUT2D eigenvalue weighted by Crippen LogP contribution is 2.14. The predicted molar refractivity (Wildman–Crippen MR) is 106 cm³/mol. The number of para-hydroxylation sites is 1. The Kier molecular flexibility index (Phi) is 6.85. The molecule has 144 valence electrons. The fourth-order valence-electron chi connectivity index (χ4n) is 3.89. The summed E-state index contributed by atoms with van der Waals surface area (Å²) >= 11 is 0. The highest BCUT2D eigenvalue weighted by molar-refractivity contribution is 5.77. The molecule has 3 rings (SSSR count). The van der Waals surface area contributed by atoms with E-state index in [0.29, 0.717) is 5.75 Å². The predicted octanol–water partition coefficient (Wildman–Crippen LogP) is -0.275. The Balaban J connectivity index is 1.63. The molecule has 0 bridgehead atoms. The second-order valence-electron chi connectivity index (χ2n) is 7.46. The van der Waals surface area contributed by atoms with Crippen molar-refractivity contribution in [2.45, 2.75) is 19.0 Å². The maximum Gasteiger partial charge on any atom is 0.258 e. The van der Waals surface area contributed by atoms with Gasteiger partial charge in [-0.25, -0.2) is 0 Å². The number of likely N-dealkylation sites (N-methyl/N-ethyl adjacent to an activating group) is 1. The topological polar surface area (TPSA) is 47.2 Å². The quantitative estimate of drug-likeness (QED) is 0.629. The monoisotopic (exact) mass is 369 g/mol. The molecular formula is C22H31N3O2+2. The number of hydrogen-bond donors (Lipinski definition) is 3. The molecule has 0 aromatic heterocycles. The summed E-state index contributed by atoms with van der Waals surface area (Å²) in [5.41, 5.74) is 1.28. The number of rotatable bonds is 7. The molecule has 0 saturated carbocycles. The van der Waals surface area contributed by atoms with Gasteiger partial charge >= 0.3 is 0 Å². The van der Waals surface area contributed by atoms with Gasteiger partial charge in [-0.1, -0.05) is 48.5 Å². The molecule has 1 aliphatic rings. The molecule has 2 atom stereocenters. The van der Waals surface area contributed by atoms with Crippen LogP contribution in [-0.4, -0.2) is 51.8 Å². The minimum atomic E-state index is -0.0774. The lowest BCUT2D eigenvalue weighted by Gasteiger charge is -2.36. The van der Waals surface area contributed by atoms with Crippen molar-refractivity contribution >= 4 is 5.91 Å². The molecule has 1 fully saturated rings. The Morgan fingerprint density at radius 1 is 1.00 bits per heavy atom. The summed E-state index contributed by atoms with van der Waals surface area (Å²) in [5, 5.41) is 3.17. The summed E-state index contributed by atoms with van der Waals surface area (Å²) in [6.45, 7) is 6.71. The van der Waals surface area contributed by atoms with Crippen LogP contribution in [0.4, 0.5) is 0 Å². The number of piperazine rings is 1. The third-order valence-corrected chi connectivity index (χ3v) is 5.35. The third-order valence-electron chi connectivity index (χ3n) is 5.35. The molecule has 2 aromatic rings. The van der Waals surface area contributed by atoms with E-state index in [-0.39, 0.29) is 24.6 Å². The molecule has 27 heavy (non-hydrogen) atoms. The van der Waals surface area contributed by atoms with Gasteiger partial charge in [-0.2, -0.15) is 0 Å². The first-order chi connectivity index (χ1) is 13.1. The van der Waals surface area contributed by atoms with Crippen molar-refractivity contribution in [1.82, 2.24) is 5.32 Å². The molecule has 1 saturated heterocycles. The minimum absolute atomic E-state index is 0.0349. The largest absolute Gasteiger partial charge is 0.484 e. The van der Waals surface area contributed by atoms with E-state index in [9.17, 15) is 4.79 Å². The lowest BCUT2D eigenvalue weighted by atomic mass is 9.97. The molecule has 0 radical (unpaired) electrons. The van der Waals surface area contributed by atoms with Crippen LogP contribution >= 0.6 is 0 Å². The summed E-state index contributed by atoms with van der Waals surface area (Å²) in [6.07, 6.45) is 0. The highest BCUT2D eigenvalue weighted by atomic mass is 16.5. The van der Waals surface area contributed by atoms with Gasteiger partial charge in [-0.05, 0) is 19.1 Å². The van der Waals surface area contributed by atoms with Crippen molar-refractivity contribution in [2.75, 3.05) is 39.8 Å². The zero-order valence-electron chi connectivity index (χ0n) is 16.3. The average Bonchev–Trinajstić information content (AvgIpc) is 2.70. The summed E-state index contributed by atoms with van der Waals surface area (Å²) < 4.78 is 5.59. The zero-order valence-corrected chi connectivity index (χ0v) is 16.3. The summed E-state index contributed by atoms with van der Waals surface area (Å²) in [4.78, 5) is 15.6. The molecule has 0 unspecified atom stereocenters. The fraction of sp³-hybridized carbons (Fsp3) is 0.409. The standard InChI is InChI=1S/C22H29N3O2/c1-18(23-21(26)17-27-20-11-7-4-8-12-20)22(19-9-5-3-6-10-19)25-15-13-24(2)14-16-25/h3-12,18,22H,13-17H2,1-2H3,(H,23,26)/p+2/t18-,22+/m1/s1. The SMILES string of the molecule is C[C@@H](NC(=O)COc1ccccc1)[C@@H](c1ccccc1)[NH+]1CC[NH+](C)CC1. The number of hydrogen-bond acceptors (Lipinski definition) is 2. The Bertz CT molecular complexity index is 700. The fourth-order valence-corrected chi connectivity index (χ4v) is 3.89. The average molecular weight is 370 g/mol. The first kappa shape index (κ1) is 19.4. The maximum absolute atomic E-state index is 12.4.